The first-order valence-electron chi connectivity index (χ1n) is 5.17. The molecule has 1 atom stereocenters. The molecule has 1 heterocycles. The van der Waals surface area contributed by atoms with Gasteiger partial charge in [0.25, 0.3) is 0 Å². The molecule has 0 spiro atoms. The zero-order valence-corrected chi connectivity index (χ0v) is 8.79. The average Bonchev–Trinajstić information content (AvgIpc) is 2.07. The third-order valence-corrected chi connectivity index (χ3v) is 2.93. The summed E-state index contributed by atoms with van der Waals surface area (Å²) in [6.45, 7) is 8.11. The summed E-state index contributed by atoms with van der Waals surface area (Å²) in [5.74, 6) is 0. The highest BCUT2D eigenvalue weighted by atomic mass is 16.3. The average molecular weight is 186 g/mol. The van der Waals surface area contributed by atoms with Crippen molar-refractivity contribution in [3.05, 3.63) is 0 Å². The van der Waals surface area contributed by atoms with Crippen LogP contribution in [0.1, 0.15) is 26.7 Å². The molecule has 0 aliphatic carbocycles. The molecule has 1 aliphatic rings. The number of hydrogen-bond donors (Lipinski definition) is 2. The maximum Gasteiger partial charge on any atom is 0.0615 e. The Morgan fingerprint density at radius 2 is 2.23 bits per heavy atom. The van der Waals surface area contributed by atoms with E-state index in [1.807, 2.05) is 0 Å². The van der Waals surface area contributed by atoms with Crippen molar-refractivity contribution >= 4 is 0 Å². The lowest BCUT2D eigenvalue weighted by Gasteiger charge is -2.41. The Labute approximate surface area is 80.9 Å². The molecular weight excluding hydrogens is 164 g/mol. The van der Waals surface area contributed by atoms with Crippen LogP contribution < -0.4 is 5.73 Å². The fourth-order valence-corrected chi connectivity index (χ4v) is 1.96. The van der Waals surface area contributed by atoms with Crippen LogP contribution in [0, 0.1) is 5.41 Å². The minimum absolute atomic E-state index is 0.0485. The van der Waals surface area contributed by atoms with Crippen molar-refractivity contribution in [3.8, 4) is 0 Å². The minimum Gasteiger partial charge on any atom is -0.392 e. The first-order valence-corrected chi connectivity index (χ1v) is 5.17. The highest BCUT2D eigenvalue weighted by Crippen LogP contribution is 2.28. The molecule has 0 aromatic carbocycles. The maximum atomic E-state index is 9.73. The van der Waals surface area contributed by atoms with E-state index in [0.29, 0.717) is 0 Å². The van der Waals surface area contributed by atoms with Gasteiger partial charge in [0.15, 0.2) is 0 Å². The first-order chi connectivity index (χ1) is 6.06. The molecule has 0 bridgehead atoms. The summed E-state index contributed by atoms with van der Waals surface area (Å²) in [6, 6.07) is 0. The van der Waals surface area contributed by atoms with Crippen LogP contribution in [0.5, 0.6) is 0 Å². The number of aliphatic hydroxyl groups is 1. The molecule has 0 aromatic rings. The monoisotopic (exact) mass is 186 g/mol. The van der Waals surface area contributed by atoms with E-state index in [2.05, 4.69) is 18.7 Å². The summed E-state index contributed by atoms with van der Waals surface area (Å²) in [5, 5.41) is 9.73. The van der Waals surface area contributed by atoms with Gasteiger partial charge in [0.1, 0.15) is 0 Å². The molecule has 3 N–H and O–H groups in total. The molecule has 1 unspecified atom stereocenters. The molecule has 1 aliphatic heterocycles. The van der Waals surface area contributed by atoms with Crippen molar-refractivity contribution in [3.63, 3.8) is 0 Å². The fraction of sp³-hybridized carbons (Fsp3) is 1.00. The predicted molar refractivity (Wildman–Crippen MR) is 54.5 cm³/mol. The molecule has 3 heteroatoms. The first kappa shape index (κ1) is 11.0. The topological polar surface area (TPSA) is 49.5 Å². The Morgan fingerprint density at radius 1 is 1.54 bits per heavy atom. The highest BCUT2D eigenvalue weighted by molar-refractivity contribution is 4.86. The van der Waals surface area contributed by atoms with E-state index in [0.717, 1.165) is 39.0 Å². The number of hydrogen-bond acceptors (Lipinski definition) is 3. The summed E-state index contributed by atoms with van der Waals surface area (Å²) in [5.41, 5.74) is 5.51. The van der Waals surface area contributed by atoms with Crippen molar-refractivity contribution in [1.82, 2.24) is 4.90 Å². The number of nitrogens with two attached hydrogens (primary N) is 1. The SMILES string of the molecule is CC1(C)CN(CCCN)CCC1O. The second-order valence-electron chi connectivity index (χ2n) is 4.71. The normalized spacial score (nSPS) is 29.1. The second-order valence-corrected chi connectivity index (χ2v) is 4.71. The molecule has 3 nitrogen and oxygen atoms in total. The van der Waals surface area contributed by atoms with Gasteiger partial charge in [-0.2, -0.15) is 0 Å². The van der Waals surface area contributed by atoms with Crippen LogP contribution in [-0.4, -0.2) is 42.3 Å². The van der Waals surface area contributed by atoms with Crippen molar-refractivity contribution in [1.29, 1.82) is 0 Å². The van der Waals surface area contributed by atoms with Crippen LogP contribution in [0.25, 0.3) is 0 Å². The lowest BCUT2D eigenvalue weighted by Crippen LogP contribution is -2.48. The van der Waals surface area contributed by atoms with E-state index in [-0.39, 0.29) is 11.5 Å². The summed E-state index contributed by atoms with van der Waals surface area (Å²) < 4.78 is 0. The van der Waals surface area contributed by atoms with Gasteiger partial charge < -0.3 is 15.7 Å². The third kappa shape index (κ3) is 2.93. The van der Waals surface area contributed by atoms with Crippen molar-refractivity contribution in [2.75, 3.05) is 26.2 Å². The summed E-state index contributed by atoms with van der Waals surface area (Å²) in [4.78, 5) is 2.40. The lowest BCUT2D eigenvalue weighted by atomic mass is 9.81. The Balaban J connectivity index is 2.37. The minimum atomic E-state index is -0.137. The maximum absolute atomic E-state index is 9.73. The van der Waals surface area contributed by atoms with Gasteiger partial charge in [0.05, 0.1) is 6.10 Å². The number of aliphatic hydroxyl groups excluding tert-OH is 1. The largest absolute Gasteiger partial charge is 0.392 e. The second kappa shape index (κ2) is 4.40. The van der Waals surface area contributed by atoms with Crippen LogP contribution in [0.15, 0.2) is 0 Å². The quantitative estimate of drug-likeness (QED) is 0.672. The van der Waals surface area contributed by atoms with Crippen LogP contribution in [-0.2, 0) is 0 Å². The van der Waals surface area contributed by atoms with Gasteiger partial charge >= 0.3 is 0 Å². The summed E-state index contributed by atoms with van der Waals surface area (Å²) in [6.07, 6.45) is 1.82. The molecule has 1 saturated heterocycles. The van der Waals surface area contributed by atoms with Gasteiger partial charge in [-0.3, -0.25) is 0 Å². The van der Waals surface area contributed by atoms with Crippen LogP contribution in [0.2, 0.25) is 0 Å². The molecular formula is C10H22N2O. The van der Waals surface area contributed by atoms with Crippen LogP contribution in [0.3, 0.4) is 0 Å². The van der Waals surface area contributed by atoms with Gasteiger partial charge in [-0.05, 0) is 25.9 Å². The molecule has 0 aromatic heterocycles. The molecule has 0 amide bonds. The van der Waals surface area contributed by atoms with Crippen molar-refractivity contribution in [2.45, 2.75) is 32.8 Å². The zero-order chi connectivity index (χ0) is 9.90. The Hall–Kier alpha value is -0.120. The van der Waals surface area contributed by atoms with Crippen molar-refractivity contribution < 1.29 is 5.11 Å². The van der Waals surface area contributed by atoms with E-state index in [4.69, 9.17) is 5.73 Å². The molecule has 1 rings (SSSR count). The van der Waals surface area contributed by atoms with Crippen LogP contribution in [0.4, 0.5) is 0 Å². The van der Waals surface area contributed by atoms with Crippen molar-refractivity contribution in [2.24, 2.45) is 11.1 Å². The van der Waals surface area contributed by atoms with Gasteiger partial charge in [0, 0.05) is 18.5 Å². The fourth-order valence-electron chi connectivity index (χ4n) is 1.96. The van der Waals surface area contributed by atoms with Crippen LogP contribution >= 0.6 is 0 Å². The van der Waals surface area contributed by atoms with E-state index >= 15 is 0 Å². The molecule has 13 heavy (non-hydrogen) atoms. The van der Waals surface area contributed by atoms with E-state index in [1.165, 1.54) is 0 Å². The van der Waals surface area contributed by atoms with E-state index in [9.17, 15) is 5.11 Å². The highest BCUT2D eigenvalue weighted by Gasteiger charge is 2.33. The zero-order valence-electron chi connectivity index (χ0n) is 8.79. The summed E-state index contributed by atoms with van der Waals surface area (Å²) in [7, 11) is 0. The lowest BCUT2D eigenvalue weighted by molar-refractivity contribution is -0.0243. The van der Waals surface area contributed by atoms with E-state index < -0.39 is 0 Å². The van der Waals surface area contributed by atoms with Gasteiger partial charge in [-0.25, -0.2) is 0 Å². The number of rotatable bonds is 3. The molecule has 1 fully saturated rings. The van der Waals surface area contributed by atoms with Gasteiger partial charge in [-0.15, -0.1) is 0 Å². The smallest absolute Gasteiger partial charge is 0.0615 e. The molecule has 0 saturated carbocycles. The Morgan fingerprint density at radius 3 is 2.77 bits per heavy atom. The van der Waals surface area contributed by atoms with Gasteiger partial charge in [0.2, 0.25) is 0 Å². The Kier molecular flexibility index (Phi) is 3.71. The van der Waals surface area contributed by atoms with Gasteiger partial charge in [-0.1, -0.05) is 13.8 Å². The van der Waals surface area contributed by atoms with E-state index in [1.54, 1.807) is 0 Å². The summed E-state index contributed by atoms with van der Waals surface area (Å²) >= 11 is 0. The number of nitrogens with zero attached hydrogens (tertiary/aromatic N) is 1. The molecule has 0 radical (unpaired) electrons. The standard InChI is InChI=1S/C10H22N2O/c1-10(2)8-12(6-3-5-11)7-4-9(10)13/h9,13H,3-8,11H2,1-2H3. The third-order valence-electron chi connectivity index (χ3n) is 2.93. The number of likely N-dealkylation sites (tertiary alicyclic amines) is 1. The Bertz CT molecular complexity index is 157. The molecule has 78 valence electrons. The predicted octanol–water partition coefficient (Wildman–Crippen LogP) is 0.428. The number of piperidine rings is 1.